The molecular formula is C16H16N2O2S. The van der Waals surface area contributed by atoms with Crippen LogP contribution < -0.4 is 4.90 Å². The smallest absolute Gasteiger partial charge is 0.283 e. The lowest BCUT2D eigenvalue weighted by Gasteiger charge is -2.15. The summed E-state index contributed by atoms with van der Waals surface area (Å²) in [5, 5.41) is 0. The zero-order chi connectivity index (χ0) is 15.2. The van der Waals surface area contributed by atoms with Crippen molar-refractivity contribution in [2.45, 2.75) is 11.8 Å². The molecule has 1 aliphatic heterocycles. The van der Waals surface area contributed by atoms with E-state index in [1.165, 1.54) is 0 Å². The molecular weight excluding hydrogens is 284 g/mol. The van der Waals surface area contributed by atoms with Crippen molar-refractivity contribution in [1.29, 1.82) is 0 Å². The Labute approximate surface area is 124 Å². The van der Waals surface area contributed by atoms with E-state index < -0.39 is 10.0 Å². The molecule has 0 saturated heterocycles. The van der Waals surface area contributed by atoms with Gasteiger partial charge in [-0.15, -0.1) is 0 Å². The minimum Gasteiger partial charge on any atom is -0.378 e. The van der Waals surface area contributed by atoms with Gasteiger partial charge in [0.05, 0.1) is 10.6 Å². The lowest BCUT2D eigenvalue weighted by molar-refractivity contribution is 0.599. The fourth-order valence-corrected chi connectivity index (χ4v) is 3.72. The number of anilines is 1. The van der Waals surface area contributed by atoms with Crippen LogP contribution in [0.2, 0.25) is 0 Å². The molecule has 1 heterocycles. The van der Waals surface area contributed by atoms with E-state index in [0.717, 1.165) is 16.8 Å². The van der Waals surface area contributed by atoms with Gasteiger partial charge in [0, 0.05) is 30.9 Å². The second-order valence-corrected chi connectivity index (χ2v) is 6.88. The molecule has 0 aromatic heterocycles. The van der Waals surface area contributed by atoms with Gasteiger partial charge in [-0.2, -0.15) is 12.8 Å². The number of rotatable bonds is 2. The molecule has 3 rings (SSSR count). The number of nitrogens with zero attached hydrogens (tertiary/aromatic N) is 2. The first-order chi connectivity index (χ1) is 9.90. The molecule has 1 aliphatic rings. The van der Waals surface area contributed by atoms with Crippen LogP contribution in [0, 0.1) is 6.92 Å². The molecule has 0 amide bonds. The first-order valence-corrected chi connectivity index (χ1v) is 8.07. The predicted molar refractivity (Wildman–Crippen MR) is 84.8 cm³/mol. The van der Waals surface area contributed by atoms with Crippen LogP contribution in [-0.4, -0.2) is 28.2 Å². The third-order valence-electron chi connectivity index (χ3n) is 3.61. The molecule has 2 aromatic carbocycles. The highest BCUT2D eigenvalue weighted by atomic mass is 32.2. The van der Waals surface area contributed by atoms with E-state index in [0.29, 0.717) is 11.3 Å². The van der Waals surface area contributed by atoms with Crippen molar-refractivity contribution < 1.29 is 8.42 Å². The maximum absolute atomic E-state index is 12.1. The lowest BCUT2D eigenvalue weighted by Crippen LogP contribution is -2.10. The van der Waals surface area contributed by atoms with Crippen LogP contribution in [0.3, 0.4) is 0 Å². The van der Waals surface area contributed by atoms with Crippen LogP contribution >= 0.6 is 0 Å². The van der Waals surface area contributed by atoms with E-state index in [9.17, 15) is 8.42 Å². The maximum atomic E-state index is 12.1. The van der Waals surface area contributed by atoms with E-state index in [1.807, 2.05) is 50.2 Å². The molecule has 0 radical (unpaired) electrons. The second kappa shape index (κ2) is 4.70. The van der Waals surface area contributed by atoms with Gasteiger partial charge in [0.15, 0.2) is 0 Å². The van der Waals surface area contributed by atoms with Crippen LogP contribution in [0.15, 0.2) is 51.8 Å². The van der Waals surface area contributed by atoms with Gasteiger partial charge in [0.2, 0.25) is 0 Å². The van der Waals surface area contributed by atoms with Crippen LogP contribution in [0.1, 0.15) is 16.7 Å². The summed E-state index contributed by atoms with van der Waals surface area (Å²) in [6.07, 6.45) is 0. The average Bonchev–Trinajstić information content (AvgIpc) is 2.71. The fourth-order valence-electron chi connectivity index (χ4n) is 2.49. The second-order valence-electron chi connectivity index (χ2n) is 5.30. The Morgan fingerprint density at radius 2 is 1.71 bits per heavy atom. The van der Waals surface area contributed by atoms with Crippen molar-refractivity contribution in [1.82, 2.24) is 0 Å². The summed E-state index contributed by atoms with van der Waals surface area (Å²) in [4.78, 5) is 2.30. The summed E-state index contributed by atoms with van der Waals surface area (Å²) in [5.41, 5.74) is 4.15. The van der Waals surface area contributed by atoms with Crippen molar-refractivity contribution >= 4 is 21.4 Å². The van der Waals surface area contributed by atoms with Gasteiger partial charge in [-0.1, -0.05) is 24.3 Å². The first-order valence-electron chi connectivity index (χ1n) is 6.63. The average molecular weight is 300 g/mol. The Bertz CT molecular complexity index is 852. The molecule has 0 atom stereocenters. The SMILES string of the molecule is Cc1cc(N(C)C)ccc1C1=NS(=O)(=O)c2ccccc21. The van der Waals surface area contributed by atoms with Crippen molar-refractivity contribution in [2.24, 2.45) is 4.40 Å². The number of fused-ring (bicyclic) bond motifs is 1. The number of hydrogen-bond acceptors (Lipinski definition) is 3. The van der Waals surface area contributed by atoms with Crippen molar-refractivity contribution in [3.8, 4) is 0 Å². The molecule has 21 heavy (non-hydrogen) atoms. The lowest BCUT2D eigenvalue weighted by atomic mass is 9.98. The van der Waals surface area contributed by atoms with Gasteiger partial charge >= 0.3 is 0 Å². The first kappa shape index (κ1) is 13.8. The largest absolute Gasteiger partial charge is 0.378 e. The van der Waals surface area contributed by atoms with Crippen LogP contribution in [-0.2, 0) is 10.0 Å². The molecule has 0 fully saturated rings. The van der Waals surface area contributed by atoms with E-state index in [-0.39, 0.29) is 4.90 Å². The van der Waals surface area contributed by atoms with Crippen molar-refractivity contribution in [3.05, 3.63) is 59.2 Å². The third kappa shape index (κ3) is 2.23. The fraction of sp³-hybridized carbons (Fsp3) is 0.188. The zero-order valence-corrected chi connectivity index (χ0v) is 13.0. The molecule has 5 heteroatoms. The van der Waals surface area contributed by atoms with Crippen molar-refractivity contribution in [3.63, 3.8) is 0 Å². The quantitative estimate of drug-likeness (QED) is 0.856. The predicted octanol–water partition coefficient (Wildman–Crippen LogP) is 2.60. The highest BCUT2D eigenvalue weighted by Gasteiger charge is 2.29. The molecule has 4 nitrogen and oxygen atoms in total. The molecule has 0 saturated carbocycles. The number of hydrogen-bond donors (Lipinski definition) is 0. The van der Waals surface area contributed by atoms with Crippen LogP contribution in [0.4, 0.5) is 5.69 Å². The third-order valence-corrected chi connectivity index (χ3v) is 4.95. The monoisotopic (exact) mass is 300 g/mol. The zero-order valence-electron chi connectivity index (χ0n) is 12.2. The van der Waals surface area contributed by atoms with Gasteiger partial charge in [-0.05, 0) is 30.7 Å². The molecule has 0 spiro atoms. The summed E-state index contributed by atoms with van der Waals surface area (Å²) in [6.45, 7) is 1.97. The van der Waals surface area contributed by atoms with Crippen LogP contribution in [0.25, 0.3) is 0 Å². The molecule has 0 bridgehead atoms. The Kier molecular flexibility index (Phi) is 3.10. The summed E-state index contributed by atoms with van der Waals surface area (Å²) in [5.74, 6) is 0. The minimum atomic E-state index is -3.57. The number of sulfonamides is 1. The van der Waals surface area contributed by atoms with Gasteiger partial charge in [-0.3, -0.25) is 0 Å². The van der Waals surface area contributed by atoms with E-state index >= 15 is 0 Å². The van der Waals surface area contributed by atoms with E-state index in [4.69, 9.17) is 0 Å². The molecule has 0 unspecified atom stereocenters. The normalized spacial score (nSPS) is 15.5. The molecule has 2 aromatic rings. The summed E-state index contributed by atoms with van der Waals surface area (Å²) in [6, 6.07) is 12.9. The Hall–Kier alpha value is -2.14. The van der Waals surface area contributed by atoms with Crippen LogP contribution in [0.5, 0.6) is 0 Å². The molecule has 0 aliphatic carbocycles. The standard InChI is InChI=1S/C16H16N2O2S/c1-11-10-12(18(2)3)8-9-13(11)16-14-6-4-5-7-15(14)21(19,20)17-16/h4-10H,1-3H3. The summed E-state index contributed by atoms with van der Waals surface area (Å²) >= 11 is 0. The molecule has 0 N–H and O–H groups in total. The van der Waals surface area contributed by atoms with E-state index in [2.05, 4.69) is 4.40 Å². The summed E-state index contributed by atoms with van der Waals surface area (Å²) in [7, 11) is 0.378. The Morgan fingerprint density at radius 1 is 1.00 bits per heavy atom. The number of aryl methyl sites for hydroxylation is 1. The van der Waals surface area contributed by atoms with Gasteiger partial charge in [-0.25, -0.2) is 0 Å². The summed E-state index contributed by atoms with van der Waals surface area (Å²) < 4.78 is 28.2. The highest BCUT2D eigenvalue weighted by molar-refractivity contribution is 7.90. The topological polar surface area (TPSA) is 49.7 Å². The van der Waals surface area contributed by atoms with Gasteiger partial charge in [0.1, 0.15) is 0 Å². The van der Waals surface area contributed by atoms with Crippen molar-refractivity contribution in [2.75, 3.05) is 19.0 Å². The Balaban J connectivity index is 2.19. The van der Waals surface area contributed by atoms with Gasteiger partial charge in [0.25, 0.3) is 10.0 Å². The highest BCUT2D eigenvalue weighted by Crippen LogP contribution is 2.30. The molecule has 108 valence electrons. The minimum absolute atomic E-state index is 0.288. The van der Waals surface area contributed by atoms with Gasteiger partial charge < -0.3 is 4.90 Å². The van der Waals surface area contributed by atoms with E-state index in [1.54, 1.807) is 18.2 Å². The Morgan fingerprint density at radius 3 is 2.38 bits per heavy atom. The maximum Gasteiger partial charge on any atom is 0.283 e. The number of benzene rings is 2.